The maximum atomic E-state index is 12.7. The number of carbonyl (C=O) groups excluding carboxylic acids is 1. The lowest BCUT2D eigenvalue weighted by Crippen LogP contribution is -2.32. The van der Waals surface area contributed by atoms with Gasteiger partial charge in [0, 0.05) is 12.1 Å². The minimum Gasteiger partial charge on any atom is -0.379 e. The van der Waals surface area contributed by atoms with E-state index in [1.165, 1.54) is 12.1 Å². The number of fused-ring (bicyclic) bond motifs is 1. The van der Waals surface area contributed by atoms with Crippen LogP contribution in [0.15, 0.2) is 41.3 Å². The van der Waals surface area contributed by atoms with Gasteiger partial charge < -0.3 is 9.50 Å². The van der Waals surface area contributed by atoms with Crippen molar-refractivity contribution in [2.75, 3.05) is 6.54 Å². The summed E-state index contributed by atoms with van der Waals surface area (Å²) >= 11 is 0. The summed E-state index contributed by atoms with van der Waals surface area (Å²) < 4.78 is 30.7. The summed E-state index contributed by atoms with van der Waals surface area (Å²) in [5, 5.41) is 2.72. The number of hydrogen-bond acceptors (Lipinski definition) is 4. The topological polar surface area (TPSA) is 72.5 Å². The van der Waals surface area contributed by atoms with Gasteiger partial charge in [-0.1, -0.05) is 39.0 Å². The predicted octanol–water partition coefficient (Wildman–Crippen LogP) is 3.35. The molecule has 0 aliphatic carbocycles. The van der Waals surface area contributed by atoms with E-state index >= 15 is 0 Å². The molecule has 1 aliphatic heterocycles. The lowest BCUT2D eigenvalue weighted by Gasteiger charge is -2.20. The molecule has 0 spiro atoms. The van der Waals surface area contributed by atoms with Crippen LogP contribution in [0.4, 0.5) is 0 Å². The number of aryl methyl sites for hydroxylation is 1. The summed E-state index contributed by atoms with van der Waals surface area (Å²) in [7, 11) is -4.02. The average Bonchev–Trinajstić information content (AvgIpc) is 2.55. The van der Waals surface area contributed by atoms with Gasteiger partial charge in [-0.15, -0.1) is 0 Å². The fraction of sp³-hybridized carbons (Fsp3) is 0.350. The van der Waals surface area contributed by atoms with Gasteiger partial charge in [-0.2, -0.15) is 8.42 Å². The molecular formula is C20H23NO4S. The minimum absolute atomic E-state index is 0.0207. The molecule has 0 atom stereocenters. The van der Waals surface area contributed by atoms with Crippen molar-refractivity contribution in [3.63, 3.8) is 0 Å². The van der Waals surface area contributed by atoms with Crippen molar-refractivity contribution in [3.05, 3.63) is 58.7 Å². The Morgan fingerprint density at radius 1 is 1.08 bits per heavy atom. The highest BCUT2D eigenvalue weighted by Gasteiger charge is 2.24. The third-order valence-electron chi connectivity index (χ3n) is 4.53. The van der Waals surface area contributed by atoms with E-state index in [4.69, 9.17) is 4.18 Å². The number of nitrogens with one attached hydrogen (secondary N) is 1. The van der Waals surface area contributed by atoms with Crippen LogP contribution in [-0.2, 0) is 22.0 Å². The highest BCUT2D eigenvalue weighted by atomic mass is 32.2. The van der Waals surface area contributed by atoms with Crippen LogP contribution in [0.5, 0.6) is 5.75 Å². The van der Waals surface area contributed by atoms with E-state index in [2.05, 4.69) is 26.1 Å². The fourth-order valence-corrected chi connectivity index (χ4v) is 3.94. The maximum absolute atomic E-state index is 12.7. The monoisotopic (exact) mass is 373 g/mol. The third-order valence-corrected chi connectivity index (χ3v) is 5.77. The minimum atomic E-state index is -4.02. The molecule has 0 fully saturated rings. The summed E-state index contributed by atoms with van der Waals surface area (Å²) in [4.78, 5) is 11.9. The van der Waals surface area contributed by atoms with Gasteiger partial charge >= 0.3 is 10.1 Å². The number of amides is 1. The summed E-state index contributed by atoms with van der Waals surface area (Å²) in [6.07, 6.45) is 0.690. The second-order valence-electron chi connectivity index (χ2n) is 7.59. The van der Waals surface area contributed by atoms with Crippen molar-refractivity contribution >= 4 is 16.0 Å². The van der Waals surface area contributed by atoms with Crippen LogP contribution in [0.25, 0.3) is 0 Å². The number of hydrogen-bond donors (Lipinski definition) is 1. The number of carbonyl (C=O) groups is 1. The molecule has 1 N–H and O–H groups in total. The van der Waals surface area contributed by atoms with Crippen LogP contribution in [0, 0.1) is 6.92 Å². The zero-order chi connectivity index (χ0) is 19.1. The van der Waals surface area contributed by atoms with Crippen molar-refractivity contribution in [1.29, 1.82) is 0 Å². The van der Waals surface area contributed by atoms with Crippen LogP contribution >= 0.6 is 0 Å². The van der Waals surface area contributed by atoms with E-state index in [0.717, 1.165) is 16.7 Å². The van der Waals surface area contributed by atoms with Crippen LogP contribution < -0.4 is 9.50 Å². The molecule has 0 bridgehead atoms. The molecule has 5 nitrogen and oxygen atoms in total. The Morgan fingerprint density at radius 2 is 1.81 bits per heavy atom. The van der Waals surface area contributed by atoms with Crippen LogP contribution in [-0.4, -0.2) is 20.9 Å². The zero-order valence-corrected chi connectivity index (χ0v) is 16.2. The fourth-order valence-electron chi connectivity index (χ4n) is 2.92. The zero-order valence-electron chi connectivity index (χ0n) is 15.4. The Kier molecular flexibility index (Phi) is 4.56. The molecule has 0 unspecified atom stereocenters. The van der Waals surface area contributed by atoms with Gasteiger partial charge in [-0.05, 0) is 53.6 Å². The van der Waals surface area contributed by atoms with Gasteiger partial charge in [0.2, 0.25) is 0 Å². The van der Waals surface area contributed by atoms with E-state index in [0.29, 0.717) is 24.3 Å². The summed E-state index contributed by atoms with van der Waals surface area (Å²) in [6.45, 7) is 8.67. The van der Waals surface area contributed by atoms with E-state index in [-0.39, 0.29) is 16.2 Å². The van der Waals surface area contributed by atoms with E-state index < -0.39 is 10.1 Å². The quantitative estimate of drug-likeness (QED) is 0.838. The largest absolute Gasteiger partial charge is 0.379 e. The highest BCUT2D eigenvalue weighted by molar-refractivity contribution is 7.87. The Hall–Kier alpha value is -2.34. The number of benzene rings is 2. The van der Waals surface area contributed by atoms with E-state index in [1.807, 2.05) is 19.1 Å². The van der Waals surface area contributed by atoms with Crippen LogP contribution in [0.1, 0.15) is 47.8 Å². The average molecular weight is 373 g/mol. The van der Waals surface area contributed by atoms with E-state index in [9.17, 15) is 13.2 Å². The second-order valence-corrected chi connectivity index (χ2v) is 9.14. The third kappa shape index (κ3) is 3.60. The van der Waals surface area contributed by atoms with Gasteiger partial charge in [0.15, 0.2) is 0 Å². The first-order valence-corrected chi connectivity index (χ1v) is 9.95. The normalized spacial score (nSPS) is 14.5. The molecule has 1 amide bonds. The molecule has 0 aromatic heterocycles. The summed E-state index contributed by atoms with van der Waals surface area (Å²) in [5.41, 5.74) is 3.05. The smallest absolute Gasteiger partial charge is 0.339 e. The predicted molar refractivity (Wildman–Crippen MR) is 100 cm³/mol. The molecule has 26 heavy (non-hydrogen) atoms. The molecule has 3 rings (SSSR count). The first kappa shape index (κ1) is 18.5. The van der Waals surface area contributed by atoms with Crippen molar-refractivity contribution in [2.24, 2.45) is 0 Å². The lowest BCUT2D eigenvalue weighted by atomic mass is 9.86. The molecular weight excluding hydrogens is 350 g/mol. The van der Waals surface area contributed by atoms with Crippen molar-refractivity contribution < 1.29 is 17.4 Å². The molecule has 2 aromatic rings. The molecule has 0 saturated heterocycles. The standard InChI is InChI=1S/C20H23NO4S/c1-13-11-15(20(2,3)4)6-8-18(13)25-26(23,24)16-7-5-14-9-10-21-19(22)17(14)12-16/h5-8,11-12H,9-10H2,1-4H3,(H,21,22). The lowest BCUT2D eigenvalue weighted by molar-refractivity contribution is 0.0945. The SMILES string of the molecule is Cc1cc(C(C)(C)C)ccc1OS(=O)(=O)c1ccc2c(c1)C(=O)NCC2. The first-order valence-electron chi connectivity index (χ1n) is 8.55. The van der Waals surface area contributed by atoms with E-state index in [1.54, 1.807) is 12.1 Å². The van der Waals surface area contributed by atoms with Crippen LogP contribution in [0.2, 0.25) is 0 Å². The molecule has 1 aliphatic rings. The van der Waals surface area contributed by atoms with Gasteiger partial charge in [-0.25, -0.2) is 0 Å². The Morgan fingerprint density at radius 3 is 2.46 bits per heavy atom. The maximum Gasteiger partial charge on any atom is 0.339 e. The molecule has 0 radical (unpaired) electrons. The Balaban J connectivity index is 1.93. The van der Waals surface area contributed by atoms with Crippen LogP contribution in [0.3, 0.4) is 0 Å². The van der Waals surface area contributed by atoms with Gasteiger partial charge in [-0.3, -0.25) is 4.79 Å². The van der Waals surface area contributed by atoms with Crippen molar-refractivity contribution in [2.45, 2.75) is 44.4 Å². The molecule has 138 valence electrons. The molecule has 1 heterocycles. The van der Waals surface area contributed by atoms with Crippen molar-refractivity contribution in [1.82, 2.24) is 5.32 Å². The highest BCUT2D eigenvalue weighted by Crippen LogP contribution is 2.29. The van der Waals surface area contributed by atoms with Gasteiger partial charge in [0.25, 0.3) is 5.91 Å². The van der Waals surface area contributed by atoms with Gasteiger partial charge in [0.1, 0.15) is 10.6 Å². The molecule has 0 saturated carbocycles. The summed E-state index contributed by atoms with van der Waals surface area (Å²) in [6, 6.07) is 10.0. The first-order chi connectivity index (χ1) is 12.1. The molecule has 6 heteroatoms. The Bertz CT molecular complexity index is 972. The Labute approximate surface area is 154 Å². The summed E-state index contributed by atoms with van der Waals surface area (Å²) in [5.74, 6) is 0.0363. The van der Waals surface area contributed by atoms with Gasteiger partial charge in [0.05, 0.1) is 0 Å². The number of rotatable bonds is 3. The van der Waals surface area contributed by atoms with Crippen molar-refractivity contribution in [3.8, 4) is 5.75 Å². The second kappa shape index (κ2) is 6.43. The molecule has 2 aromatic carbocycles.